The van der Waals surface area contributed by atoms with E-state index in [4.69, 9.17) is 11.6 Å². The molecule has 17 heavy (non-hydrogen) atoms. The number of halogens is 2. The van der Waals surface area contributed by atoms with Crippen molar-refractivity contribution in [3.8, 4) is 0 Å². The Bertz CT molecular complexity index is 375. The minimum atomic E-state index is 0.219. The van der Waals surface area contributed by atoms with Crippen molar-refractivity contribution >= 4 is 44.7 Å². The zero-order chi connectivity index (χ0) is 12.3. The Balaban J connectivity index is 2.06. The highest BCUT2D eigenvalue weighted by atomic mass is 79.9. The van der Waals surface area contributed by atoms with Crippen LogP contribution in [-0.4, -0.2) is 5.78 Å². The van der Waals surface area contributed by atoms with Gasteiger partial charge < -0.3 is 0 Å². The molecule has 1 nitrogen and oxygen atoms in total. The molecule has 1 aliphatic rings. The zero-order valence-corrected chi connectivity index (χ0v) is 12.8. The Kier molecular flexibility index (Phi) is 5.07. The smallest absolute Gasteiger partial charge is 0.175 e. The second kappa shape index (κ2) is 6.35. The Morgan fingerprint density at radius 2 is 1.82 bits per heavy atom. The molecule has 1 aromatic heterocycles. The van der Waals surface area contributed by atoms with Crippen LogP contribution in [0.25, 0.3) is 0 Å². The average molecular weight is 336 g/mol. The molecule has 0 bridgehead atoms. The SMILES string of the molecule is O=C(c1cc(Cl)c(Br)s1)C1CCCCCCC1. The van der Waals surface area contributed by atoms with Gasteiger partial charge in [0.15, 0.2) is 5.78 Å². The van der Waals surface area contributed by atoms with Crippen LogP contribution in [0, 0.1) is 5.92 Å². The summed E-state index contributed by atoms with van der Waals surface area (Å²) >= 11 is 10.8. The lowest BCUT2D eigenvalue weighted by Gasteiger charge is -2.17. The van der Waals surface area contributed by atoms with Gasteiger partial charge in [-0.05, 0) is 34.8 Å². The fraction of sp³-hybridized carbons (Fsp3) is 0.615. The fourth-order valence-corrected chi connectivity index (χ4v) is 4.11. The van der Waals surface area contributed by atoms with E-state index in [1.54, 1.807) is 6.07 Å². The summed E-state index contributed by atoms with van der Waals surface area (Å²) in [5.74, 6) is 0.515. The minimum Gasteiger partial charge on any atom is -0.293 e. The Labute approximate surface area is 120 Å². The molecule has 0 unspecified atom stereocenters. The molecule has 0 amide bonds. The lowest BCUT2D eigenvalue weighted by atomic mass is 9.88. The van der Waals surface area contributed by atoms with E-state index >= 15 is 0 Å². The first-order valence-corrected chi connectivity index (χ1v) is 8.16. The summed E-state index contributed by atoms with van der Waals surface area (Å²) in [5, 5.41) is 0.657. The van der Waals surface area contributed by atoms with Gasteiger partial charge >= 0.3 is 0 Å². The predicted molar refractivity (Wildman–Crippen MR) is 77.2 cm³/mol. The fourth-order valence-electron chi connectivity index (χ4n) is 2.39. The number of hydrogen-bond acceptors (Lipinski definition) is 2. The summed E-state index contributed by atoms with van der Waals surface area (Å²) in [5.41, 5.74) is 0. The van der Waals surface area contributed by atoms with E-state index in [2.05, 4.69) is 15.9 Å². The van der Waals surface area contributed by atoms with Gasteiger partial charge in [0.25, 0.3) is 0 Å². The number of rotatable bonds is 2. The maximum atomic E-state index is 12.4. The van der Waals surface area contributed by atoms with E-state index < -0.39 is 0 Å². The van der Waals surface area contributed by atoms with E-state index in [-0.39, 0.29) is 5.92 Å². The van der Waals surface area contributed by atoms with E-state index in [0.29, 0.717) is 10.8 Å². The third-order valence-corrected chi connectivity index (χ3v) is 5.85. The van der Waals surface area contributed by atoms with Crippen molar-refractivity contribution in [2.24, 2.45) is 5.92 Å². The Morgan fingerprint density at radius 3 is 2.35 bits per heavy atom. The molecule has 1 fully saturated rings. The molecule has 2 rings (SSSR count). The van der Waals surface area contributed by atoms with Crippen molar-refractivity contribution in [2.75, 3.05) is 0 Å². The number of hydrogen-bond donors (Lipinski definition) is 0. The number of Topliss-reactive ketones (excluding diaryl/α,β-unsaturated/α-hetero) is 1. The maximum Gasteiger partial charge on any atom is 0.175 e. The molecule has 1 aliphatic carbocycles. The lowest BCUT2D eigenvalue weighted by molar-refractivity contribution is 0.0902. The first kappa shape index (κ1) is 13.6. The van der Waals surface area contributed by atoms with Crippen LogP contribution in [0.1, 0.15) is 54.6 Å². The third-order valence-electron chi connectivity index (χ3n) is 3.36. The molecule has 0 spiro atoms. The highest BCUT2D eigenvalue weighted by Crippen LogP contribution is 2.35. The third kappa shape index (κ3) is 3.55. The van der Waals surface area contributed by atoms with E-state index in [1.165, 1.54) is 43.4 Å². The predicted octanol–water partition coefficient (Wildman–Crippen LogP) is 5.71. The van der Waals surface area contributed by atoms with Crippen molar-refractivity contribution < 1.29 is 4.79 Å². The summed E-state index contributed by atoms with van der Waals surface area (Å²) in [4.78, 5) is 13.2. The monoisotopic (exact) mass is 334 g/mol. The molecule has 0 radical (unpaired) electrons. The molecular weight excluding hydrogens is 320 g/mol. The molecule has 1 aromatic rings. The summed E-state index contributed by atoms with van der Waals surface area (Å²) in [6, 6.07) is 1.80. The summed E-state index contributed by atoms with van der Waals surface area (Å²) in [7, 11) is 0. The number of carbonyl (C=O) groups is 1. The molecular formula is C13H16BrClOS. The molecule has 0 N–H and O–H groups in total. The molecule has 4 heteroatoms. The normalized spacial score (nSPS) is 18.7. The lowest BCUT2D eigenvalue weighted by Crippen LogP contribution is -2.15. The van der Waals surface area contributed by atoms with E-state index in [1.807, 2.05) is 0 Å². The van der Waals surface area contributed by atoms with Gasteiger partial charge in [-0.2, -0.15) is 0 Å². The van der Waals surface area contributed by atoms with Gasteiger partial charge in [-0.15, -0.1) is 11.3 Å². The second-order valence-electron chi connectivity index (χ2n) is 4.64. The average Bonchev–Trinajstić information content (AvgIpc) is 2.58. The highest BCUT2D eigenvalue weighted by molar-refractivity contribution is 9.11. The van der Waals surface area contributed by atoms with Crippen molar-refractivity contribution in [1.82, 2.24) is 0 Å². The number of ketones is 1. The molecule has 0 atom stereocenters. The van der Waals surface area contributed by atoms with Crippen LogP contribution < -0.4 is 0 Å². The van der Waals surface area contributed by atoms with Gasteiger partial charge in [0.2, 0.25) is 0 Å². The number of carbonyl (C=O) groups excluding carboxylic acids is 1. The van der Waals surface area contributed by atoms with Crippen LogP contribution in [0.3, 0.4) is 0 Å². The molecule has 0 aliphatic heterocycles. The van der Waals surface area contributed by atoms with E-state index in [9.17, 15) is 4.79 Å². The zero-order valence-electron chi connectivity index (χ0n) is 9.68. The Hall–Kier alpha value is 0.140. The quantitative estimate of drug-likeness (QED) is 0.633. The first-order valence-electron chi connectivity index (χ1n) is 6.17. The first-order chi connectivity index (χ1) is 8.18. The standard InChI is InChI=1S/C13H16BrClOS/c14-13-10(15)8-11(17-13)12(16)9-6-4-2-1-3-5-7-9/h8-9H,1-7H2. The van der Waals surface area contributed by atoms with Crippen LogP contribution in [0.5, 0.6) is 0 Å². The van der Waals surface area contributed by atoms with Crippen LogP contribution >= 0.6 is 38.9 Å². The van der Waals surface area contributed by atoms with Gasteiger partial charge in [0.05, 0.1) is 13.7 Å². The van der Waals surface area contributed by atoms with Crippen molar-refractivity contribution in [2.45, 2.75) is 44.9 Å². The van der Waals surface area contributed by atoms with Crippen molar-refractivity contribution in [3.05, 3.63) is 19.8 Å². The molecule has 94 valence electrons. The van der Waals surface area contributed by atoms with Crippen molar-refractivity contribution in [3.63, 3.8) is 0 Å². The minimum absolute atomic E-state index is 0.219. The van der Waals surface area contributed by atoms with Gasteiger partial charge in [-0.1, -0.05) is 43.7 Å². The van der Waals surface area contributed by atoms with Gasteiger partial charge in [0.1, 0.15) is 0 Å². The topological polar surface area (TPSA) is 17.1 Å². The van der Waals surface area contributed by atoms with Crippen molar-refractivity contribution in [1.29, 1.82) is 0 Å². The molecule has 1 saturated carbocycles. The highest BCUT2D eigenvalue weighted by Gasteiger charge is 2.22. The van der Waals surface area contributed by atoms with Crippen LogP contribution in [0.2, 0.25) is 5.02 Å². The van der Waals surface area contributed by atoms with Crippen LogP contribution in [0.15, 0.2) is 9.85 Å². The Morgan fingerprint density at radius 1 is 1.24 bits per heavy atom. The summed E-state index contributed by atoms with van der Waals surface area (Å²) < 4.78 is 0.869. The van der Waals surface area contributed by atoms with Gasteiger partial charge in [-0.25, -0.2) is 0 Å². The molecule has 0 aromatic carbocycles. The van der Waals surface area contributed by atoms with Crippen LogP contribution in [-0.2, 0) is 0 Å². The number of thiophene rings is 1. The van der Waals surface area contributed by atoms with Gasteiger partial charge in [0, 0.05) is 5.92 Å². The molecule has 0 saturated heterocycles. The summed E-state index contributed by atoms with van der Waals surface area (Å²) in [6.07, 6.45) is 8.36. The van der Waals surface area contributed by atoms with Gasteiger partial charge in [-0.3, -0.25) is 4.79 Å². The maximum absolute atomic E-state index is 12.4. The second-order valence-corrected chi connectivity index (χ2v) is 7.42. The largest absolute Gasteiger partial charge is 0.293 e. The summed E-state index contributed by atoms with van der Waals surface area (Å²) in [6.45, 7) is 0. The van der Waals surface area contributed by atoms with Crippen LogP contribution in [0.4, 0.5) is 0 Å². The van der Waals surface area contributed by atoms with E-state index in [0.717, 1.165) is 21.5 Å². The molecule has 1 heterocycles.